The van der Waals surface area contributed by atoms with Crippen molar-refractivity contribution in [1.82, 2.24) is 0 Å². The van der Waals surface area contributed by atoms with Crippen molar-refractivity contribution in [1.29, 1.82) is 0 Å². The largest absolute Gasteiger partial charge is 0.484 e. The lowest BCUT2D eigenvalue weighted by atomic mass is 9.75. The van der Waals surface area contributed by atoms with E-state index in [4.69, 9.17) is 0 Å². The smallest absolute Gasteiger partial charge is 0.422 e. The topological polar surface area (TPSA) is 26.3 Å². The molecule has 17 heavy (non-hydrogen) atoms. The Bertz CT molecular complexity index is 373. The third-order valence-electron chi connectivity index (χ3n) is 2.06. The van der Waals surface area contributed by atoms with Crippen molar-refractivity contribution in [2.24, 2.45) is 0 Å². The Morgan fingerprint density at radius 3 is 2.35 bits per heavy atom. The molecule has 0 saturated carbocycles. The predicted octanol–water partition coefficient (Wildman–Crippen LogP) is 2.71. The first-order chi connectivity index (χ1) is 7.92. The van der Waals surface area contributed by atoms with E-state index in [0.29, 0.717) is 11.9 Å². The number of rotatable bonds is 5. The highest BCUT2D eigenvalue weighted by molar-refractivity contribution is 6.41. The Labute approximate surface area is 98.0 Å². The van der Waals surface area contributed by atoms with Crippen LogP contribution in [0.25, 0.3) is 0 Å². The van der Waals surface area contributed by atoms with E-state index >= 15 is 0 Å². The molecule has 0 fully saturated rings. The molecule has 92 valence electrons. The van der Waals surface area contributed by atoms with Crippen LogP contribution in [0, 0.1) is 0 Å². The van der Waals surface area contributed by atoms with Crippen LogP contribution in [0.1, 0.15) is 10.4 Å². The summed E-state index contributed by atoms with van der Waals surface area (Å²) in [6.45, 7) is 0.563. The molecule has 0 aliphatic rings. The average Bonchev–Trinajstić information content (AvgIpc) is 2.26. The normalized spacial score (nSPS) is 11.1. The number of Topliss-reactive ketones (excluding diaryl/α,β-unsaturated/α-hetero) is 1. The zero-order valence-electron chi connectivity index (χ0n) is 9.38. The average molecular weight is 244 g/mol. The van der Waals surface area contributed by atoms with Gasteiger partial charge in [-0.1, -0.05) is 6.82 Å². The van der Waals surface area contributed by atoms with E-state index in [2.05, 4.69) is 4.74 Å². The van der Waals surface area contributed by atoms with Crippen LogP contribution in [-0.2, 0) is 0 Å². The highest BCUT2D eigenvalue weighted by atomic mass is 19.4. The zero-order valence-corrected chi connectivity index (χ0v) is 9.38. The van der Waals surface area contributed by atoms with E-state index in [-0.39, 0.29) is 11.5 Å². The van der Waals surface area contributed by atoms with Gasteiger partial charge < -0.3 is 4.74 Å². The highest BCUT2D eigenvalue weighted by Gasteiger charge is 2.28. The maximum Gasteiger partial charge on any atom is 0.422 e. The minimum atomic E-state index is -4.35. The molecule has 0 unspecified atom stereocenters. The number of hydrogen-bond donors (Lipinski definition) is 0. The molecular formula is C11H12BF3O2. The van der Waals surface area contributed by atoms with Crippen LogP contribution >= 0.6 is 0 Å². The molecule has 1 rings (SSSR count). The van der Waals surface area contributed by atoms with Gasteiger partial charge in [-0.15, -0.1) is 0 Å². The van der Waals surface area contributed by atoms with Gasteiger partial charge in [-0.25, -0.2) is 0 Å². The molecule has 0 amide bonds. The molecule has 0 aromatic heterocycles. The molecule has 0 bridgehead atoms. The van der Waals surface area contributed by atoms with Gasteiger partial charge in [0.15, 0.2) is 12.4 Å². The van der Waals surface area contributed by atoms with Gasteiger partial charge in [-0.05, 0) is 30.6 Å². The predicted molar refractivity (Wildman–Crippen MR) is 60.1 cm³/mol. The Hall–Kier alpha value is -1.46. The van der Waals surface area contributed by atoms with E-state index in [1.165, 1.54) is 24.3 Å². The number of benzene rings is 1. The third kappa shape index (κ3) is 4.93. The van der Waals surface area contributed by atoms with E-state index in [1.54, 1.807) is 0 Å². The monoisotopic (exact) mass is 244 g/mol. The minimum Gasteiger partial charge on any atom is -0.484 e. The van der Waals surface area contributed by atoms with Crippen LogP contribution in [0.15, 0.2) is 24.3 Å². The van der Waals surface area contributed by atoms with Gasteiger partial charge in [-0.2, -0.15) is 13.2 Å². The summed E-state index contributed by atoms with van der Waals surface area (Å²) in [7, 11) is 0.741. The molecule has 0 aliphatic heterocycles. The summed E-state index contributed by atoms with van der Waals surface area (Å²) in [4.78, 5) is 11.5. The Balaban J connectivity index is 2.59. The molecule has 0 aliphatic carbocycles. The van der Waals surface area contributed by atoms with Crippen molar-refractivity contribution in [3.05, 3.63) is 29.8 Å². The Kier molecular flexibility index (Phi) is 4.60. The Morgan fingerprint density at radius 1 is 1.29 bits per heavy atom. The summed E-state index contributed by atoms with van der Waals surface area (Å²) >= 11 is 0. The molecule has 0 N–H and O–H groups in total. The number of ketones is 1. The van der Waals surface area contributed by atoms with Gasteiger partial charge in [0.25, 0.3) is 0 Å². The first-order valence-electron chi connectivity index (χ1n) is 5.25. The second-order valence-electron chi connectivity index (χ2n) is 3.60. The summed E-state index contributed by atoms with van der Waals surface area (Å²) < 4.78 is 40.1. The molecule has 6 heteroatoms. The van der Waals surface area contributed by atoms with Crippen LogP contribution in [0.4, 0.5) is 13.2 Å². The molecule has 0 saturated heterocycles. The molecule has 0 spiro atoms. The van der Waals surface area contributed by atoms with E-state index in [1.807, 2.05) is 6.82 Å². The van der Waals surface area contributed by atoms with Crippen molar-refractivity contribution in [2.45, 2.75) is 19.3 Å². The molecule has 1 aromatic rings. The number of carbonyl (C=O) groups excluding carboxylic acids is 1. The van der Waals surface area contributed by atoms with Crippen LogP contribution in [0.2, 0.25) is 13.1 Å². The van der Waals surface area contributed by atoms with E-state index in [9.17, 15) is 18.0 Å². The third-order valence-corrected chi connectivity index (χ3v) is 2.06. The maximum absolute atomic E-state index is 11.9. The number of halogens is 3. The molecule has 0 atom stereocenters. The number of carbonyl (C=O) groups is 1. The fourth-order valence-corrected chi connectivity index (χ4v) is 1.27. The SMILES string of the molecule is CBCC(=O)c1ccc(OCC(F)(F)F)cc1. The van der Waals surface area contributed by atoms with Gasteiger partial charge in [0.05, 0.1) is 0 Å². The molecule has 2 nitrogen and oxygen atoms in total. The Morgan fingerprint density at radius 2 is 1.88 bits per heavy atom. The number of hydrogen-bond acceptors (Lipinski definition) is 2. The summed E-state index contributed by atoms with van der Waals surface area (Å²) in [5.74, 6) is 0.0882. The molecule has 1 aromatic carbocycles. The van der Waals surface area contributed by atoms with Gasteiger partial charge >= 0.3 is 6.18 Å². The summed E-state index contributed by atoms with van der Waals surface area (Å²) in [5.41, 5.74) is 0.492. The number of ether oxygens (including phenoxy) is 1. The standard InChI is InChI=1S/C11H12BF3O2/c1-12-6-10(16)8-2-4-9(5-3-8)17-7-11(13,14)15/h2-5,12H,6-7H2,1H3. The van der Waals surface area contributed by atoms with Crippen molar-refractivity contribution < 1.29 is 22.7 Å². The van der Waals surface area contributed by atoms with Gasteiger partial charge in [-0.3, -0.25) is 4.79 Å². The van der Waals surface area contributed by atoms with Crippen molar-refractivity contribution in [3.63, 3.8) is 0 Å². The molecule has 0 heterocycles. The van der Waals surface area contributed by atoms with Crippen molar-refractivity contribution in [2.75, 3.05) is 6.61 Å². The zero-order chi connectivity index (χ0) is 12.9. The van der Waals surface area contributed by atoms with Gasteiger partial charge in [0, 0.05) is 5.56 Å². The lowest BCUT2D eigenvalue weighted by Gasteiger charge is -2.09. The quantitative estimate of drug-likeness (QED) is 0.588. The summed E-state index contributed by atoms with van der Waals surface area (Å²) in [6, 6.07) is 5.69. The second-order valence-corrected chi connectivity index (χ2v) is 3.60. The molecule has 0 radical (unpaired) electrons. The van der Waals surface area contributed by atoms with Crippen LogP contribution < -0.4 is 4.74 Å². The van der Waals surface area contributed by atoms with Crippen LogP contribution in [-0.4, -0.2) is 25.8 Å². The fraction of sp³-hybridized carbons (Fsp3) is 0.364. The summed E-state index contributed by atoms with van der Waals surface area (Å²) in [6.07, 6.45) is -3.92. The van der Waals surface area contributed by atoms with Crippen molar-refractivity contribution >= 4 is 13.1 Å². The van der Waals surface area contributed by atoms with Crippen LogP contribution in [0.5, 0.6) is 5.75 Å². The minimum absolute atomic E-state index is 0.0186. The lowest BCUT2D eigenvalue weighted by molar-refractivity contribution is -0.153. The van der Waals surface area contributed by atoms with Crippen LogP contribution in [0.3, 0.4) is 0 Å². The fourth-order valence-electron chi connectivity index (χ4n) is 1.27. The second kappa shape index (κ2) is 5.75. The lowest BCUT2D eigenvalue weighted by Crippen LogP contribution is -2.19. The van der Waals surface area contributed by atoms with Gasteiger partial charge in [0.2, 0.25) is 0 Å². The highest BCUT2D eigenvalue weighted by Crippen LogP contribution is 2.19. The van der Waals surface area contributed by atoms with E-state index in [0.717, 1.165) is 7.28 Å². The summed E-state index contributed by atoms with van der Waals surface area (Å²) in [5, 5.41) is 0. The van der Waals surface area contributed by atoms with Gasteiger partial charge in [0.1, 0.15) is 13.0 Å². The first-order valence-corrected chi connectivity index (χ1v) is 5.25. The maximum atomic E-state index is 11.9. The molecular weight excluding hydrogens is 232 g/mol. The first kappa shape index (κ1) is 13.6. The van der Waals surface area contributed by atoms with Crippen molar-refractivity contribution in [3.8, 4) is 5.75 Å². The van der Waals surface area contributed by atoms with E-state index < -0.39 is 12.8 Å². The number of alkyl halides is 3.